The second kappa shape index (κ2) is 9.19. The van der Waals surface area contributed by atoms with Crippen molar-refractivity contribution in [3.8, 4) is 0 Å². The number of urea groups is 1. The summed E-state index contributed by atoms with van der Waals surface area (Å²) in [5, 5.41) is 26.3. The number of nitrogens with one attached hydrogen (secondary N) is 2. The zero-order valence-corrected chi connectivity index (χ0v) is 14.1. The molecule has 4 atom stereocenters. The molecular formula is C12H20N6O6S. The van der Waals surface area contributed by atoms with E-state index in [1.807, 2.05) is 0 Å². The molecule has 0 radical (unpaired) electrons. The van der Waals surface area contributed by atoms with Crippen molar-refractivity contribution in [1.82, 2.24) is 20.8 Å². The Balaban J connectivity index is 2.89. The zero-order chi connectivity index (χ0) is 19.1. The molecule has 0 saturated heterocycles. The molecule has 1 aromatic rings. The third kappa shape index (κ3) is 6.21. The van der Waals surface area contributed by atoms with Crippen LogP contribution in [0.25, 0.3) is 0 Å². The maximum atomic E-state index is 11.9. The Labute approximate surface area is 147 Å². The molecule has 1 rings (SSSR count). The molecule has 0 bridgehead atoms. The summed E-state index contributed by atoms with van der Waals surface area (Å²) < 4.78 is 4.96. The summed E-state index contributed by atoms with van der Waals surface area (Å²) in [4.78, 5) is 38.1. The number of nitrogens with zero attached hydrogens (tertiary/aromatic N) is 2. The fraction of sp³-hybridized carbons (Fsp3) is 0.583. The number of rotatable bonds is 9. The lowest BCUT2D eigenvalue weighted by molar-refractivity contribution is -0.141. The topological polar surface area (TPSA) is 207 Å². The standard InChI is InChI=1S/C12H20N6O6S/c1-4(19)8(11(21)22)16-12(23)15-6(2-7(14)20)10-17-9(18-24-10)5(13)3-25/h4-6,8,19,25H,2-3,13H2,1H3,(H2,14,20)(H,21,22)(H2,15,16,23)/t4?,5-,6-,8-/m0/s1. The van der Waals surface area contributed by atoms with Crippen LogP contribution in [0.2, 0.25) is 0 Å². The first-order valence-corrected chi connectivity index (χ1v) is 7.75. The van der Waals surface area contributed by atoms with E-state index in [1.54, 1.807) is 0 Å². The van der Waals surface area contributed by atoms with Gasteiger partial charge in [0.2, 0.25) is 11.8 Å². The largest absolute Gasteiger partial charge is 0.480 e. The molecule has 0 aliphatic heterocycles. The molecular weight excluding hydrogens is 356 g/mol. The van der Waals surface area contributed by atoms with E-state index in [0.29, 0.717) is 0 Å². The smallest absolute Gasteiger partial charge is 0.328 e. The summed E-state index contributed by atoms with van der Waals surface area (Å²) in [6.45, 7) is 1.20. The molecule has 12 nitrogen and oxygen atoms in total. The Morgan fingerprint density at radius 1 is 1.36 bits per heavy atom. The molecule has 8 N–H and O–H groups in total. The average molecular weight is 376 g/mol. The summed E-state index contributed by atoms with van der Waals surface area (Å²) in [7, 11) is 0. The van der Waals surface area contributed by atoms with Crippen molar-refractivity contribution in [3.63, 3.8) is 0 Å². The van der Waals surface area contributed by atoms with Crippen LogP contribution >= 0.6 is 12.6 Å². The summed E-state index contributed by atoms with van der Waals surface area (Å²) >= 11 is 4.00. The van der Waals surface area contributed by atoms with E-state index >= 15 is 0 Å². The molecule has 1 unspecified atom stereocenters. The molecule has 0 aromatic carbocycles. The number of carboxylic acid groups (broad SMARTS) is 1. The highest BCUT2D eigenvalue weighted by Gasteiger charge is 2.29. The molecule has 0 aliphatic carbocycles. The van der Waals surface area contributed by atoms with Gasteiger partial charge in [-0.1, -0.05) is 5.16 Å². The lowest BCUT2D eigenvalue weighted by Gasteiger charge is -2.19. The number of nitrogens with two attached hydrogens (primary N) is 2. The number of hydrogen-bond donors (Lipinski definition) is 7. The number of aromatic nitrogens is 2. The Kier molecular flexibility index (Phi) is 7.60. The third-order valence-electron chi connectivity index (χ3n) is 3.03. The SMILES string of the molecule is CC(O)[C@H](NC(=O)N[C@@H](CC(N)=O)c1nc([C@@H](N)CS)no1)C(=O)O. The first-order chi connectivity index (χ1) is 11.6. The zero-order valence-electron chi connectivity index (χ0n) is 13.2. The quantitative estimate of drug-likeness (QED) is 0.239. The minimum absolute atomic E-state index is 0.120. The molecule has 0 aliphatic rings. The maximum absolute atomic E-state index is 11.9. The van der Waals surface area contributed by atoms with Gasteiger partial charge in [-0.3, -0.25) is 4.79 Å². The second-order valence-electron chi connectivity index (χ2n) is 5.18. The molecule has 25 heavy (non-hydrogen) atoms. The van der Waals surface area contributed by atoms with Crippen molar-refractivity contribution in [3.05, 3.63) is 11.7 Å². The lowest BCUT2D eigenvalue weighted by Crippen LogP contribution is -2.52. The van der Waals surface area contributed by atoms with Gasteiger partial charge in [-0.2, -0.15) is 17.6 Å². The maximum Gasteiger partial charge on any atom is 0.328 e. The first-order valence-electron chi connectivity index (χ1n) is 7.11. The van der Waals surface area contributed by atoms with Gasteiger partial charge in [0.15, 0.2) is 11.9 Å². The van der Waals surface area contributed by atoms with Gasteiger partial charge >= 0.3 is 12.0 Å². The number of carbonyl (C=O) groups is 3. The predicted molar refractivity (Wildman–Crippen MR) is 86.4 cm³/mol. The molecule has 13 heteroatoms. The molecule has 0 saturated carbocycles. The number of thiol groups is 1. The van der Waals surface area contributed by atoms with E-state index in [0.717, 1.165) is 0 Å². The summed E-state index contributed by atoms with van der Waals surface area (Å²) in [6.07, 6.45) is -1.72. The molecule has 0 fully saturated rings. The van der Waals surface area contributed by atoms with Crippen molar-refractivity contribution < 1.29 is 29.1 Å². The van der Waals surface area contributed by atoms with Crippen LogP contribution in [0.5, 0.6) is 0 Å². The van der Waals surface area contributed by atoms with Crippen LogP contribution in [0, 0.1) is 0 Å². The van der Waals surface area contributed by atoms with Gasteiger partial charge in [-0.05, 0) is 6.92 Å². The lowest BCUT2D eigenvalue weighted by atomic mass is 10.2. The summed E-state index contributed by atoms with van der Waals surface area (Å²) in [6, 6.07) is -4.24. The van der Waals surface area contributed by atoms with Crippen molar-refractivity contribution in [1.29, 1.82) is 0 Å². The van der Waals surface area contributed by atoms with Gasteiger partial charge in [0, 0.05) is 5.75 Å². The van der Waals surface area contributed by atoms with Crippen LogP contribution in [-0.4, -0.2) is 56.2 Å². The van der Waals surface area contributed by atoms with E-state index in [4.69, 9.17) is 21.1 Å². The second-order valence-corrected chi connectivity index (χ2v) is 5.54. The Morgan fingerprint density at radius 2 is 2.00 bits per heavy atom. The average Bonchev–Trinajstić information content (AvgIpc) is 3.00. The van der Waals surface area contributed by atoms with Crippen molar-refractivity contribution >= 4 is 30.5 Å². The summed E-state index contributed by atoms with van der Waals surface area (Å²) in [5.41, 5.74) is 10.8. The first kappa shape index (κ1) is 20.7. The van der Waals surface area contributed by atoms with Gasteiger partial charge in [0.1, 0.15) is 6.04 Å². The highest BCUT2D eigenvalue weighted by Crippen LogP contribution is 2.17. The van der Waals surface area contributed by atoms with E-state index < -0.39 is 42.1 Å². The number of aliphatic carboxylic acids is 1. The van der Waals surface area contributed by atoms with Gasteiger partial charge in [0.25, 0.3) is 0 Å². The van der Waals surface area contributed by atoms with Gasteiger partial charge in [0.05, 0.1) is 18.6 Å². The van der Waals surface area contributed by atoms with Crippen molar-refractivity contribution in [2.45, 2.75) is 37.6 Å². The van der Waals surface area contributed by atoms with Crippen LogP contribution in [-0.2, 0) is 9.59 Å². The fourth-order valence-corrected chi connectivity index (χ4v) is 1.92. The van der Waals surface area contributed by atoms with E-state index in [2.05, 4.69) is 33.4 Å². The van der Waals surface area contributed by atoms with Crippen molar-refractivity contribution in [2.24, 2.45) is 11.5 Å². The summed E-state index contributed by atoms with van der Waals surface area (Å²) in [5.74, 6) is -1.98. The minimum atomic E-state index is -1.55. The highest BCUT2D eigenvalue weighted by molar-refractivity contribution is 7.80. The van der Waals surface area contributed by atoms with Crippen LogP contribution in [0.4, 0.5) is 4.79 Å². The number of primary amides is 1. The van der Waals surface area contributed by atoms with Gasteiger partial charge in [-0.15, -0.1) is 0 Å². The molecule has 140 valence electrons. The molecule has 1 heterocycles. The number of hydrogen-bond acceptors (Lipinski definition) is 9. The van der Waals surface area contributed by atoms with Crippen LogP contribution in [0.15, 0.2) is 4.52 Å². The number of carbonyl (C=O) groups excluding carboxylic acids is 2. The van der Waals surface area contributed by atoms with E-state index in [-0.39, 0.29) is 23.9 Å². The van der Waals surface area contributed by atoms with Gasteiger partial charge in [-0.25, -0.2) is 9.59 Å². The number of aliphatic hydroxyl groups excluding tert-OH is 1. The monoisotopic (exact) mass is 376 g/mol. The third-order valence-corrected chi connectivity index (χ3v) is 3.42. The van der Waals surface area contributed by atoms with E-state index in [9.17, 15) is 19.5 Å². The number of amides is 3. The molecule has 1 aromatic heterocycles. The van der Waals surface area contributed by atoms with Crippen molar-refractivity contribution in [2.75, 3.05) is 5.75 Å². The highest BCUT2D eigenvalue weighted by atomic mass is 32.1. The molecule has 3 amide bonds. The fourth-order valence-electron chi connectivity index (χ4n) is 1.75. The number of carboxylic acids is 1. The van der Waals surface area contributed by atoms with Crippen LogP contribution in [0.1, 0.15) is 37.1 Å². The van der Waals surface area contributed by atoms with Gasteiger partial charge < -0.3 is 36.8 Å². The Hall–Kier alpha value is -2.38. The van der Waals surface area contributed by atoms with E-state index in [1.165, 1.54) is 6.92 Å². The predicted octanol–water partition coefficient (Wildman–Crippen LogP) is -1.95. The number of aliphatic hydroxyl groups is 1. The molecule has 0 spiro atoms. The Morgan fingerprint density at radius 3 is 2.48 bits per heavy atom. The van der Waals surface area contributed by atoms with Crippen LogP contribution in [0.3, 0.4) is 0 Å². The minimum Gasteiger partial charge on any atom is -0.480 e. The normalized spacial score (nSPS) is 15.7. The van der Waals surface area contributed by atoms with Crippen LogP contribution < -0.4 is 22.1 Å². The Bertz CT molecular complexity index is 623.